The van der Waals surface area contributed by atoms with Gasteiger partial charge in [-0.3, -0.25) is 0 Å². The van der Waals surface area contributed by atoms with E-state index in [0.717, 1.165) is 12.1 Å². The largest absolute Gasteiger partial charge is 0.386 e. The van der Waals surface area contributed by atoms with E-state index in [1.807, 2.05) is 0 Å². The van der Waals surface area contributed by atoms with Crippen molar-refractivity contribution in [1.29, 1.82) is 0 Å². The van der Waals surface area contributed by atoms with Crippen LogP contribution in [0.3, 0.4) is 0 Å². The van der Waals surface area contributed by atoms with E-state index >= 15 is 0 Å². The Bertz CT molecular complexity index is 906. The molecule has 0 spiro atoms. The molecule has 1 unspecified atom stereocenters. The maximum Gasteiger partial charge on any atom is 0.165 e. The SMILES string of the molecule is OC(Cn1cnc2c(N3CCOCC3)ncnc21)c1c(F)cccc1F. The van der Waals surface area contributed by atoms with Crippen molar-refractivity contribution in [1.82, 2.24) is 19.5 Å². The fourth-order valence-electron chi connectivity index (χ4n) is 3.12. The number of aliphatic hydroxyl groups is 1. The fourth-order valence-corrected chi connectivity index (χ4v) is 3.12. The Hall–Kier alpha value is -2.65. The molecule has 7 nitrogen and oxygen atoms in total. The second kappa shape index (κ2) is 6.93. The van der Waals surface area contributed by atoms with Crippen molar-refractivity contribution in [2.45, 2.75) is 12.6 Å². The van der Waals surface area contributed by atoms with Crippen LogP contribution in [-0.2, 0) is 11.3 Å². The summed E-state index contributed by atoms with van der Waals surface area (Å²) in [5, 5.41) is 10.3. The van der Waals surface area contributed by atoms with Crippen LogP contribution in [-0.4, -0.2) is 50.9 Å². The van der Waals surface area contributed by atoms with Gasteiger partial charge in [0.2, 0.25) is 0 Å². The lowest BCUT2D eigenvalue weighted by atomic mass is 10.1. The highest BCUT2D eigenvalue weighted by molar-refractivity contribution is 5.83. The van der Waals surface area contributed by atoms with Crippen molar-refractivity contribution in [3.8, 4) is 0 Å². The Kier molecular flexibility index (Phi) is 4.48. The highest BCUT2D eigenvalue weighted by Gasteiger charge is 2.22. The van der Waals surface area contributed by atoms with Crippen LogP contribution in [0.25, 0.3) is 11.2 Å². The van der Waals surface area contributed by atoms with E-state index in [0.29, 0.717) is 43.3 Å². The van der Waals surface area contributed by atoms with E-state index in [1.54, 1.807) is 4.57 Å². The summed E-state index contributed by atoms with van der Waals surface area (Å²) in [5.41, 5.74) is 0.713. The summed E-state index contributed by atoms with van der Waals surface area (Å²) in [6, 6.07) is 3.49. The number of aliphatic hydroxyl groups excluding tert-OH is 1. The molecule has 136 valence electrons. The molecule has 0 saturated carbocycles. The third-order valence-electron chi connectivity index (χ3n) is 4.40. The van der Waals surface area contributed by atoms with Crippen LogP contribution in [0.1, 0.15) is 11.7 Å². The minimum absolute atomic E-state index is 0.0755. The number of ether oxygens (including phenoxy) is 1. The van der Waals surface area contributed by atoms with Crippen LogP contribution < -0.4 is 4.90 Å². The van der Waals surface area contributed by atoms with Crippen LogP contribution in [0.4, 0.5) is 14.6 Å². The fraction of sp³-hybridized carbons (Fsp3) is 0.353. The second-order valence-corrected chi connectivity index (χ2v) is 6.02. The Morgan fingerprint density at radius 1 is 1.12 bits per heavy atom. The minimum Gasteiger partial charge on any atom is -0.386 e. The molecule has 4 rings (SSSR count). The van der Waals surface area contributed by atoms with Gasteiger partial charge in [-0.05, 0) is 12.1 Å². The van der Waals surface area contributed by atoms with E-state index < -0.39 is 17.7 Å². The molecule has 3 aromatic rings. The Morgan fingerprint density at radius 2 is 1.85 bits per heavy atom. The molecule has 1 aromatic carbocycles. The van der Waals surface area contributed by atoms with Crippen molar-refractivity contribution < 1.29 is 18.6 Å². The molecule has 26 heavy (non-hydrogen) atoms. The van der Waals surface area contributed by atoms with Crippen LogP contribution in [0, 0.1) is 11.6 Å². The van der Waals surface area contributed by atoms with E-state index in [2.05, 4.69) is 19.9 Å². The molecule has 1 N–H and O–H groups in total. The van der Waals surface area contributed by atoms with Gasteiger partial charge in [-0.2, -0.15) is 0 Å². The Labute approximate surface area is 147 Å². The van der Waals surface area contributed by atoms with Crippen molar-refractivity contribution in [2.75, 3.05) is 31.2 Å². The summed E-state index contributed by atoms with van der Waals surface area (Å²) in [6.45, 7) is 2.53. The summed E-state index contributed by atoms with van der Waals surface area (Å²) in [6.07, 6.45) is 1.54. The number of fused-ring (bicyclic) bond motifs is 1. The third kappa shape index (κ3) is 2.99. The zero-order valence-corrected chi connectivity index (χ0v) is 13.8. The molecule has 1 atom stereocenters. The van der Waals surface area contributed by atoms with Crippen LogP contribution in [0.5, 0.6) is 0 Å². The van der Waals surface area contributed by atoms with Gasteiger partial charge in [-0.15, -0.1) is 0 Å². The maximum atomic E-state index is 13.9. The molecule has 9 heteroatoms. The number of benzene rings is 1. The van der Waals surface area contributed by atoms with Gasteiger partial charge in [-0.1, -0.05) is 6.07 Å². The summed E-state index contributed by atoms with van der Waals surface area (Å²) in [4.78, 5) is 14.9. The van der Waals surface area contributed by atoms with Gasteiger partial charge < -0.3 is 19.3 Å². The van der Waals surface area contributed by atoms with E-state index in [1.165, 1.54) is 18.7 Å². The number of imidazole rings is 1. The molecule has 1 aliphatic heterocycles. The smallest absolute Gasteiger partial charge is 0.165 e. The molecule has 0 radical (unpaired) electrons. The van der Waals surface area contributed by atoms with E-state index in [4.69, 9.17) is 4.74 Å². The van der Waals surface area contributed by atoms with Crippen LogP contribution in [0.15, 0.2) is 30.9 Å². The predicted molar refractivity (Wildman–Crippen MR) is 89.7 cm³/mol. The molecule has 3 heterocycles. The molecule has 1 aliphatic rings. The number of rotatable bonds is 4. The number of halogens is 2. The molecule has 0 bridgehead atoms. The number of anilines is 1. The molecular formula is C17H17F2N5O2. The summed E-state index contributed by atoms with van der Waals surface area (Å²) in [7, 11) is 0. The molecule has 1 fully saturated rings. The lowest BCUT2D eigenvalue weighted by Gasteiger charge is -2.27. The van der Waals surface area contributed by atoms with Gasteiger partial charge in [0.25, 0.3) is 0 Å². The number of aromatic nitrogens is 4. The number of hydrogen-bond acceptors (Lipinski definition) is 6. The lowest BCUT2D eigenvalue weighted by molar-refractivity contribution is 0.122. The quantitative estimate of drug-likeness (QED) is 0.762. The van der Waals surface area contributed by atoms with Gasteiger partial charge in [0.1, 0.15) is 24.1 Å². The molecule has 2 aromatic heterocycles. The number of nitrogens with zero attached hydrogens (tertiary/aromatic N) is 5. The van der Waals surface area contributed by atoms with Gasteiger partial charge in [0, 0.05) is 13.1 Å². The summed E-state index contributed by atoms with van der Waals surface area (Å²) >= 11 is 0. The number of morpholine rings is 1. The third-order valence-corrected chi connectivity index (χ3v) is 4.40. The first-order valence-corrected chi connectivity index (χ1v) is 8.25. The topological polar surface area (TPSA) is 76.3 Å². The second-order valence-electron chi connectivity index (χ2n) is 6.02. The van der Waals surface area contributed by atoms with Crippen molar-refractivity contribution in [3.63, 3.8) is 0 Å². The molecule has 0 aliphatic carbocycles. The summed E-state index contributed by atoms with van der Waals surface area (Å²) in [5.74, 6) is -0.889. The monoisotopic (exact) mass is 361 g/mol. The molecule has 1 saturated heterocycles. The highest BCUT2D eigenvalue weighted by atomic mass is 19.1. The predicted octanol–water partition coefficient (Wildman–Crippen LogP) is 1.67. The van der Waals surface area contributed by atoms with Crippen molar-refractivity contribution in [3.05, 3.63) is 48.1 Å². The first kappa shape index (κ1) is 16.8. The zero-order valence-electron chi connectivity index (χ0n) is 13.8. The first-order valence-electron chi connectivity index (χ1n) is 8.25. The van der Waals surface area contributed by atoms with Crippen LogP contribution >= 0.6 is 0 Å². The minimum atomic E-state index is -1.37. The average Bonchev–Trinajstić information content (AvgIpc) is 3.05. The van der Waals surface area contributed by atoms with Crippen LogP contribution in [0.2, 0.25) is 0 Å². The van der Waals surface area contributed by atoms with Crippen molar-refractivity contribution >= 4 is 17.0 Å². The zero-order chi connectivity index (χ0) is 18.1. The lowest BCUT2D eigenvalue weighted by Crippen LogP contribution is -2.37. The van der Waals surface area contributed by atoms with Gasteiger partial charge in [0.15, 0.2) is 17.0 Å². The van der Waals surface area contributed by atoms with Gasteiger partial charge in [0.05, 0.1) is 31.6 Å². The summed E-state index contributed by atoms with van der Waals surface area (Å²) < 4.78 is 34.7. The average molecular weight is 361 g/mol. The van der Waals surface area contributed by atoms with E-state index in [9.17, 15) is 13.9 Å². The van der Waals surface area contributed by atoms with Crippen molar-refractivity contribution in [2.24, 2.45) is 0 Å². The number of hydrogen-bond donors (Lipinski definition) is 1. The Balaban J connectivity index is 1.65. The van der Waals surface area contributed by atoms with E-state index in [-0.39, 0.29) is 12.1 Å². The standard InChI is InChI=1S/C17H17F2N5O2/c18-11-2-1-3-12(19)14(11)13(25)8-24-10-22-15-16(20-9-21-17(15)24)23-4-6-26-7-5-23/h1-3,9-10,13,25H,4-8H2. The molecule has 0 amide bonds. The highest BCUT2D eigenvalue weighted by Crippen LogP contribution is 2.26. The van der Waals surface area contributed by atoms with Gasteiger partial charge in [-0.25, -0.2) is 23.7 Å². The maximum absolute atomic E-state index is 13.9. The van der Waals surface area contributed by atoms with Gasteiger partial charge >= 0.3 is 0 Å². The normalized spacial score (nSPS) is 16.2. The first-order chi connectivity index (χ1) is 12.6. The Morgan fingerprint density at radius 3 is 2.58 bits per heavy atom. The molecular weight excluding hydrogens is 344 g/mol.